The summed E-state index contributed by atoms with van der Waals surface area (Å²) in [6.07, 6.45) is -1.10. The summed E-state index contributed by atoms with van der Waals surface area (Å²) in [5.74, 6) is 0.507. The summed E-state index contributed by atoms with van der Waals surface area (Å²) in [4.78, 5) is 13.8. The van der Waals surface area contributed by atoms with E-state index in [1.807, 2.05) is 75.4 Å². The highest BCUT2D eigenvalue weighted by molar-refractivity contribution is 5.85. The number of aromatic nitrogens is 2. The molecule has 7 heteroatoms. The fraction of sp³-hybridized carbons (Fsp3) is 0.348. The molecule has 2 aromatic carbocycles. The second-order valence-electron chi connectivity index (χ2n) is 7.66. The normalized spacial score (nSPS) is 12.0. The minimum Gasteiger partial charge on any atom is -0.444 e. The number of carbonyl (C=O) groups excluding carboxylic acids is 1. The number of benzene rings is 2. The van der Waals surface area contributed by atoms with E-state index in [1.54, 1.807) is 0 Å². The Morgan fingerprint density at radius 1 is 1.10 bits per heavy atom. The van der Waals surface area contributed by atoms with Gasteiger partial charge in [0.2, 0.25) is 5.89 Å². The van der Waals surface area contributed by atoms with Crippen LogP contribution in [0.25, 0.3) is 0 Å². The first kappa shape index (κ1) is 21.5. The van der Waals surface area contributed by atoms with Crippen LogP contribution in [-0.4, -0.2) is 27.6 Å². The van der Waals surface area contributed by atoms with E-state index in [9.17, 15) is 9.90 Å². The molecule has 3 rings (SSSR count). The van der Waals surface area contributed by atoms with Gasteiger partial charge in [-0.15, -0.1) is 5.10 Å². The first-order valence-electron chi connectivity index (χ1n) is 9.98. The van der Waals surface area contributed by atoms with E-state index in [0.29, 0.717) is 18.7 Å². The van der Waals surface area contributed by atoms with Gasteiger partial charge in [-0.3, -0.25) is 0 Å². The molecule has 1 heterocycles. The zero-order chi connectivity index (χ0) is 21.5. The molecule has 1 amide bonds. The summed E-state index contributed by atoms with van der Waals surface area (Å²) in [6.45, 7) is 5.99. The topological polar surface area (TPSA) is 88.7 Å². The standard InChI is InChI=1S/C23H27N3O4/c1-16(2)12-21(27)26(23(28)29-15-18-9-5-4-6-10-18)22-25-24-20(30-22)14-19-11-7-8-17(3)13-19/h4-11,13,16,21,27H,12,14-15H2,1-3H3. The van der Waals surface area contributed by atoms with Crippen LogP contribution in [0.1, 0.15) is 42.8 Å². The number of ether oxygens (including phenoxy) is 1. The van der Waals surface area contributed by atoms with Crippen LogP contribution in [0.5, 0.6) is 0 Å². The van der Waals surface area contributed by atoms with Crippen molar-refractivity contribution in [1.82, 2.24) is 10.2 Å². The van der Waals surface area contributed by atoms with Crippen molar-refractivity contribution in [2.75, 3.05) is 4.90 Å². The molecule has 0 aliphatic heterocycles. The third kappa shape index (κ3) is 5.90. The number of aryl methyl sites for hydroxylation is 1. The van der Waals surface area contributed by atoms with Crippen LogP contribution >= 0.6 is 0 Å². The molecule has 0 saturated carbocycles. The summed E-state index contributed by atoms with van der Waals surface area (Å²) in [5, 5.41) is 18.7. The van der Waals surface area contributed by atoms with Crippen molar-refractivity contribution in [2.24, 2.45) is 5.92 Å². The molecule has 3 aromatic rings. The van der Waals surface area contributed by atoms with Crippen molar-refractivity contribution in [3.05, 3.63) is 77.2 Å². The first-order chi connectivity index (χ1) is 14.4. The molecule has 0 radical (unpaired) electrons. The molecule has 7 nitrogen and oxygen atoms in total. The van der Waals surface area contributed by atoms with E-state index in [1.165, 1.54) is 0 Å². The first-order valence-corrected chi connectivity index (χ1v) is 9.98. The number of rotatable bonds is 8. The lowest BCUT2D eigenvalue weighted by atomic mass is 10.1. The summed E-state index contributed by atoms with van der Waals surface area (Å²) in [6, 6.07) is 17.2. The van der Waals surface area contributed by atoms with E-state index in [0.717, 1.165) is 21.6 Å². The van der Waals surface area contributed by atoms with Gasteiger partial charge in [0, 0.05) is 0 Å². The lowest BCUT2D eigenvalue weighted by Crippen LogP contribution is -2.41. The Balaban J connectivity index is 1.76. The molecule has 1 unspecified atom stereocenters. The molecule has 30 heavy (non-hydrogen) atoms. The predicted molar refractivity (Wildman–Crippen MR) is 113 cm³/mol. The zero-order valence-electron chi connectivity index (χ0n) is 17.5. The molecule has 0 aliphatic carbocycles. The fourth-order valence-corrected chi connectivity index (χ4v) is 3.05. The maximum Gasteiger partial charge on any atom is 0.420 e. The molecule has 0 saturated heterocycles. The molecule has 0 fully saturated rings. The number of anilines is 1. The molecule has 0 bridgehead atoms. The monoisotopic (exact) mass is 409 g/mol. The van der Waals surface area contributed by atoms with Gasteiger partial charge in [0.1, 0.15) is 12.8 Å². The highest BCUT2D eigenvalue weighted by atomic mass is 16.6. The Bertz CT molecular complexity index is 956. The number of carbonyl (C=O) groups is 1. The molecule has 1 aromatic heterocycles. The van der Waals surface area contributed by atoms with Crippen molar-refractivity contribution in [3.63, 3.8) is 0 Å². The number of aliphatic hydroxyl groups is 1. The third-order valence-electron chi connectivity index (χ3n) is 4.48. The van der Waals surface area contributed by atoms with E-state index < -0.39 is 12.3 Å². The fourth-order valence-electron chi connectivity index (χ4n) is 3.05. The highest BCUT2D eigenvalue weighted by Gasteiger charge is 2.30. The van der Waals surface area contributed by atoms with Crippen LogP contribution in [0, 0.1) is 12.8 Å². The van der Waals surface area contributed by atoms with E-state index >= 15 is 0 Å². The number of aliphatic hydroxyl groups excluding tert-OH is 1. The Morgan fingerprint density at radius 3 is 2.53 bits per heavy atom. The molecule has 158 valence electrons. The van der Waals surface area contributed by atoms with Gasteiger partial charge in [0.15, 0.2) is 0 Å². The van der Waals surface area contributed by atoms with Crippen LogP contribution in [0.15, 0.2) is 59.0 Å². The van der Waals surface area contributed by atoms with Gasteiger partial charge in [-0.2, -0.15) is 0 Å². The van der Waals surface area contributed by atoms with Gasteiger partial charge >= 0.3 is 12.1 Å². The van der Waals surface area contributed by atoms with Gasteiger partial charge in [-0.1, -0.05) is 79.1 Å². The van der Waals surface area contributed by atoms with Crippen LogP contribution in [0.2, 0.25) is 0 Å². The third-order valence-corrected chi connectivity index (χ3v) is 4.48. The average Bonchev–Trinajstić information content (AvgIpc) is 3.14. The summed E-state index contributed by atoms with van der Waals surface area (Å²) >= 11 is 0. The molecule has 0 spiro atoms. The van der Waals surface area contributed by atoms with Crippen molar-refractivity contribution in [1.29, 1.82) is 0 Å². The van der Waals surface area contributed by atoms with Crippen molar-refractivity contribution in [2.45, 2.75) is 46.4 Å². The zero-order valence-corrected chi connectivity index (χ0v) is 17.5. The van der Waals surface area contributed by atoms with Gasteiger partial charge in [0.25, 0.3) is 0 Å². The molecular weight excluding hydrogens is 382 g/mol. The minimum absolute atomic E-state index is 0.0782. The Hall–Kier alpha value is -3.19. The van der Waals surface area contributed by atoms with E-state index in [-0.39, 0.29) is 18.5 Å². The smallest absolute Gasteiger partial charge is 0.420 e. The maximum absolute atomic E-state index is 12.8. The quantitative estimate of drug-likeness (QED) is 0.552. The van der Waals surface area contributed by atoms with Gasteiger partial charge in [-0.05, 0) is 30.4 Å². The van der Waals surface area contributed by atoms with Crippen LogP contribution in [0.3, 0.4) is 0 Å². The SMILES string of the molecule is Cc1cccc(Cc2nnc(N(C(=O)OCc3ccccc3)C(O)CC(C)C)o2)c1. The summed E-state index contributed by atoms with van der Waals surface area (Å²) in [5.41, 5.74) is 2.99. The highest BCUT2D eigenvalue weighted by Crippen LogP contribution is 2.21. The lowest BCUT2D eigenvalue weighted by Gasteiger charge is -2.24. The van der Waals surface area contributed by atoms with Crippen molar-refractivity contribution < 1.29 is 19.1 Å². The lowest BCUT2D eigenvalue weighted by molar-refractivity contribution is 0.103. The number of hydrogen-bond donors (Lipinski definition) is 1. The number of hydrogen-bond acceptors (Lipinski definition) is 6. The maximum atomic E-state index is 12.8. The van der Waals surface area contributed by atoms with E-state index in [4.69, 9.17) is 9.15 Å². The Kier molecular flexibility index (Phi) is 7.19. The van der Waals surface area contributed by atoms with Gasteiger partial charge in [0.05, 0.1) is 6.42 Å². The Labute approximate surface area is 176 Å². The number of amides is 1. The second-order valence-corrected chi connectivity index (χ2v) is 7.66. The summed E-state index contributed by atoms with van der Waals surface area (Å²) in [7, 11) is 0. The average molecular weight is 409 g/mol. The van der Waals surface area contributed by atoms with Gasteiger partial charge in [-0.25, -0.2) is 9.69 Å². The molecule has 0 aliphatic rings. The predicted octanol–water partition coefficient (Wildman–Crippen LogP) is 4.48. The van der Waals surface area contributed by atoms with Crippen molar-refractivity contribution in [3.8, 4) is 0 Å². The minimum atomic E-state index is -1.14. The molecular formula is C23H27N3O4. The molecule has 1 atom stereocenters. The van der Waals surface area contributed by atoms with Crippen LogP contribution in [-0.2, 0) is 17.8 Å². The van der Waals surface area contributed by atoms with Crippen LogP contribution < -0.4 is 4.90 Å². The number of nitrogens with zero attached hydrogens (tertiary/aromatic N) is 3. The molecule has 1 N–H and O–H groups in total. The largest absolute Gasteiger partial charge is 0.444 e. The van der Waals surface area contributed by atoms with Crippen LogP contribution in [0.4, 0.5) is 10.8 Å². The van der Waals surface area contributed by atoms with E-state index in [2.05, 4.69) is 10.2 Å². The summed E-state index contributed by atoms with van der Waals surface area (Å²) < 4.78 is 11.1. The van der Waals surface area contributed by atoms with Gasteiger partial charge < -0.3 is 14.3 Å². The Morgan fingerprint density at radius 2 is 1.83 bits per heavy atom. The second kappa shape index (κ2) is 10.0. The van der Waals surface area contributed by atoms with Crippen molar-refractivity contribution >= 4 is 12.1 Å².